The van der Waals surface area contributed by atoms with Crippen molar-refractivity contribution in [3.05, 3.63) is 41.3 Å². The summed E-state index contributed by atoms with van der Waals surface area (Å²) in [6.45, 7) is 0.735. The molecule has 1 aromatic carbocycles. The number of nitrogens with one attached hydrogen (secondary N) is 2. The maximum atomic E-state index is 12.8. The fraction of sp³-hybridized carbons (Fsp3) is 0.286. The molecule has 0 spiro atoms. The van der Waals surface area contributed by atoms with E-state index in [1.54, 1.807) is 11.4 Å². The average molecular weight is 409 g/mol. The van der Waals surface area contributed by atoms with Gasteiger partial charge in [-0.05, 0) is 25.3 Å². The van der Waals surface area contributed by atoms with Crippen LogP contribution >= 0.6 is 11.3 Å². The summed E-state index contributed by atoms with van der Waals surface area (Å²) in [5.74, 6) is -2.83. The number of anilines is 1. The van der Waals surface area contributed by atoms with Crippen LogP contribution in [0.15, 0.2) is 35.7 Å². The summed E-state index contributed by atoms with van der Waals surface area (Å²) in [7, 11) is 0. The molecular weight excluding hydrogens is 390 g/mol. The van der Waals surface area contributed by atoms with Crippen molar-refractivity contribution in [3.8, 4) is 17.2 Å². The standard InChI is InChI=1S/C21H19N3O4S/c1-12(23)15(9-22)17(25)10-28-21(27)18-16(13-5-3-2-4-6-13)11-29-20(18)24-19(26)14-7-8-14/h2-6,11,14-15,23H,7-8,10H2,1H3,(H,24,26). The molecule has 3 rings (SSSR count). The molecule has 2 aromatic rings. The third-order valence-corrected chi connectivity index (χ3v) is 5.39. The van der Waals surface area contributed by atoms with Gasteiger partial charge in [0.05, 0.1) is 6.07 Å². The van der Waals surface area contributed by atoms with Crippen LogP contribution in [0.2, 0.25) is 0 Å². The van der Waals surface area contributed by atoms with Crippen molar-refractivity contribution in [2.24, 2.45) is 11.8 Å². The zero-order valence-electron chi connectivity index (χ0n) is 15.7. The molecule has 2 N–H and O–H groups in total. The number of rotatable bonds is 8. The highest BCUT2D eigenvalue weighted by atomic mass is 32.1. The monoisotopic (exact) mass is 409 g/mol. The molecule has 1 aliphatic carbocycles. The maximum Gasteiger partial charge on any atom is 0.342 e. The Morgan fingerprint density at radius 3 is 2.59 bits per heavy atom. The average Bonchev–Trinajstić information content (AvgIpc) is 3.48. The molecule has 29 heavy (non-hydrogen) atoms. The molecule has 0 saturated heterocycles. The molecule has 0 aliphatic heterocycles. The topological polar surface area (TPSA) is 120 Å². The molecule has 1 fully saturated rings. The highest BCUT2D eigenvalue weighted by Crippen LogP contribution is 2.38. The second kappa shape index (κ2) is 8.80. The first-order chi connectivity index (χ1) is 13.9. The van der Waals surface area contributed by atoms with Gasteiger partial charge in [0.2, 0.25) is 5.91 Å². The fourth-order valence-corrected chi connectivity index (χ4v) is 3.70. The molecule has 1 unspecified atom stereocenters. The SMILES string of the molecule is CC(=N)C(C#N)C(=O)COC(=O)c1c(-c2ccccc2)csc1NC(=O)C1CC1. The Kier molecular flexibility index (Phi) is 6.20. The van der Waals surface area contributed by atoms with Gasteiger partial charge in [0.15, 0.2) is 12.4 Å². The number of thiophene rings is 1. The number of hydrogen-bond donors (Lipinski definition) is 2. The number of carbonyl (C=O) groups excluding carboxylic acids is 3. The van der Waals surface area contributed by atoms with E-state index in [2.05, 4.69) is 5.32 Å². The number of ketones is 1. The van der Waals surface area contributed by atoms with Crippen molar-refractivity contribution in [1.29, 1.82) is 10.7 Å². The molecule has 0 radical (unpaired) electrons. The van der Waals surface area contributed by atoms with E-state index in [0.717, 1.165) is 18.4 Å². The number of nitrogens with zero attached hydrogens (tertiary/aromatic N) is 1. The lowest BCUT2D eigenvalue weighted by atomic mass is 10.0. The summed E-state index contributed by atoms with van der Waals surface area (Å²) >= 11 is 1.22. The maximum absolute atomic E-state index is 12.8. The van der Waals surface area contributed by atoms with Gasteiger partial charge in [0.1, 0.15) is 16.5 Å². The van der Waals surface area contributed by atoms with E-state index in [9.17, 15) is 14.4 Å². The minimum absolute atomic E-state index is 0.0327. The summed E-state index contributed by atoms with van der Waals surface area (Å²) in [4.78, 5) is 37.1. The van der Waals surface area contributed by atoms with Gasteiger partial charge in [-0.15, -0.1) is 11.3 Å². The number of carbonyl (C=O) groups is 3. The van der Waals surface area contributed by atoms with Gasteiger partial charge in [0, 0.05) is 22.6 Å². The highest BCUT2D eigenvalue weighted by Gasteiger charge is 2.32. The van der Waals surface area contributed by atoms with Crippen LogP contribution in [0.3, 0.4) is 0 Å². The third-order valence-electron chi connectivity index (χ3n) is 4.49. The first kappa shape index (κ1) is 20.4. The Balaban J connectivity index is 1.84. The fourth-order valence-electron chi connectivity index (χ4n) is 2.74. The Morgan fingerprint density at radius 2 is 2.00 bits per heavy atom. The molecule has 1 aliphatic rings. The van der Waals surface area contributed by atoms with Crippen LogP contribution in [0.25, 0.3) is 11.1 Å². The molecule has 148 valence electrons. The predicted octanol–water partition coefficient (Wildman–Crippen LogP) is 3.67. The first-order valence-corrected chi connectivity index (χ1v) is 9.92. The van der Waals surface area contributed by atoms with Crippen molar-refractivity contribution >= 4 is 39.7 Å². The number of nitriles is 1. The quantitative estimate of drug-likeness (QED) is 0.509. The Bertz CT molecular complexity index is 1000. The van der Waals surface area contributed by atoms with Gasteiger partial charge < -0.3 is 15.5 Å². The Hall–Kier alpha value is -3.31. The number of esters is 1. The van der Waals surface area contributed by atoms with Crippen LogP contribution in [0.4, 0.5) is 5.00 Å². The van der Waals surface area contributed by atoms with Crippen LogP contribution in [-0.2, 0) is 14.3 Å². The zero-order chi connectivity index (χ0) is 21.0. The lowest BCUT2D eigenvalue weighted by Gasteiger charge is -2.10. The van der Waals surface area contributed by atoms with E-state index in [4.69, 9.17) is 15.4 Å². The molecule has 8 heteroatoms. The van der Waals surface area contributed by atoms with Gasteiger partial charge >= 0.3 is 5.97 Å². The molecule has 1 atom stereocenters. The lowest BCUT2D eigenvalue weighted by molar-refractivity contribution is -0.122. The van der Waals surface area contributed by atoms with Crippen LogP contribution in [0.5, 0.6) is 0 Å². The van der Waals surface area contributed by atoms with Gasteiger partial charge in [-0.25, -0.2) is 4.79 Å². The molecule has 1 heterocycles. The molecule has 7 nitrogen and oxygen atoms in total. The van der Waals surface area contributed by atoms with E-state index < -0.39 is 24.3 Å². The van der Waals surface area contributed by atoms with E-state index in [1.807, 2.05) is 30.3 Å². The number of ether oxygens (including phenoxy) is 1. The van der Waals surface area contributed by atoms with Crippen LogP contribution < -0.4 is 5.32 Å². The molecule has 1 amide bonds. The van der Waals surface area contributed by atoms with E-state index in [1.165, 1.54) is 18.3 Å². The second-order valence-corrected chi connectivity index (χ2v) is 7.65. The number of hydrogen-bond acceptors (Lipinski definition) is 7. The molecule has 1 saturated carbocycles. The summed E-state index contributed by atoms with van der Waals surface area (Å²) < 4.78 is 5.16. The number of Topliss-reactive ketones (excluding diaryl/α,β-unsaturated/α-hetero) is 1. The van der Waals surface area contributed by atoms with Crippen molar-refractivity contribution in [2.75, 3.05) is 11.9 Å². The van der Waals surface area contributed by atoms with E-state index >= 15 is 0 Å². The minimum atomic E-state index is -1.24. The van der Waals surface area contributed by atoms with Gasteiger partial charge in [-0.3, -0.25) is 9.59 Å². The van der Waals surface area contributed by atoms with Crippen molar-refractivity contribution in [2.45, 2.75) is 19.8 Å². The lowest BCUT2D eigenvalue weighted by Crippen LogP contribution is -2.26. The Morgan fingerprint density at radius 1 is 1.31 bits per heavy atom. The van der Waals surface area contributed by atoms with Crippen molar-refractivity contribution in [1.82, 2.24) is 0 Å². The molecular formula is C21H19N3O4S. The summed E-state index contributed by atoms with van der Waals surface area (Å²) in [5.41, 5.74) is 1.45. The summed E-state index contributed by atoms with van der Waals surface area (Å²) in [5, 5.41) is 21.4. The van der Waals surface area contributed by atoms with Gasteiger partial charge in [-0.1, -0.05) is 30.3 Å². The summed E-state index contributed by atoms with van der Waals surface area (Å²) in [6, 6.07) is 10.9. The van der Waals surface area contributed by atoms with Crippen molar-refractivity contribution in [3.63, 3.8) is 0 Å². The second-order valence-electron chi connectivity index (χ2n) is 6.77. The predicted molar refractivity (Wildman–Crippen MR) is 109 cm³/mol. The minimum Gasteiger partial charge on any atom is -0.454 e. The normalized spacial score (nSPS) is 13.8. The third kappa shape index (κ3) is 4.76. The van der Waals surface area contributed by atoms with Gasteiger partial charge in [0.25, 0.3) is 0 Å². The molecule has 0 bridgehead atoms. The van der Waals surface area contributed by atoms with Crippen molar-refractivity contribution < 1.29 is 19.1 Å². The number of amides is 1. The van der Waals surface area contributed by atoms with Gasteiger partial charge in [-0.2, -0.15) is 5.26 Å². The molecule has 1 aromatic heterocycles. The van der Waals surface area contributed by atoms with E-state index in [-0.39, 0.29) is 23.1 Å². The highest BCUT2D eigenvalue weighted by molar-refractivity contribution is 7.15. The van der Waals surface area contributed by atoms with E-state index in [0.29, 0.717) is 10.6 Å². The smallest absolute Gasteiger partial charge is 0.342 e. The van der Waals surface area contributed by atoms with Crippen LogP contribution in [-0.4, -0.2) is 30.0 Å². The largest absolute Gasteiger partial charge is 0.454 e. The van der Waals surface area contributed by atoms with Crippen LogP contribution in [0.1, 0.15) is 30.1 Å². The summed E-state index contributed by atoms with van der Waals surface area (Å²) in [6.07, 6.45) is 1.66. The Labute approximate surface area is 171 Å². The number of benzene rings is 1. The first-order valence-electron chi connectivity index (χ1n) is 9.04. The van der Waals surface area contributed by atoms with Crippen LogP contribution in [0, 0.1) is 28.6 Å². The zero-order valence-corrected chi connectivity index (χ0v) is 16.5.